The highest BCUT2D eigenvalue weighted by molar-refractivity contribution is 5.89. The molecule has 1 atom stereocenters. The van der Waals surface area contributed by atoms with Crippen molar-refractivity contribution in [3.63, 3.8) is 0 Å². The van der Waals surface area contributed by atoms with Gasteiger partial charge in [0.15, 0.2) is 0 Å². The van der Waals surface area contributed by atoms with E-state index in [4.69, 9.17) is 9.47 Å². The molecule has 0 bridgehead atoms. The van der Waals surface area contributed by atoms with Crippen molar-refractivity contribution in [1.29, 1.82) is 0 Å². The van der Waals surface area contributed by atoms with Gasteiger partial charge in [0, 0.05) is 6.42 Å². The van der Waals surface area contributed by atoms with Crippen LogP contribution >= 0.6 is 0 Å². The molecule has 1 aliphatic rings. The fourth-order valence-electron chi connectivity index (χ4n) is 2.63. The summed E-state index contributed by atoms with van der Waals surface area (Å²) in [5.74, 6) is -0.539. The quantitative estimate of drug-likeness (QED) is 0.748. The van der Waals surface area contributed by atoms with Crippen molar-refractivity contribution in [2.75, 3.05) is 0 Å². The van der Waals surface area contributed by atoms with E-state index in [0.29, 0.717) is 18.4 Å². The number of hydrogen-bond donors (Lipinski definition) is 0. The summed E-state index contributed by atoms with van der Waals surface area (Å²) in [7, 11) is 0. The highest BCUT2D eigenvalue weighted by atomic mass is 16.5. The number of ether oxygens (including phenoxy) is 2. The Morgan fingerprint density at radius 1 is 1.14 bits per heavy atom. The van der Waals surface area contributed by atoms with Crippen LogP contribution in [0.15, 0.2) is 30.3 Å². The van der Waals surface area contributed by atoms with Gasteiger partial charge < -0.3 is 9.47 Å². The maximum absolute atomic E-state index is 11.9. The molecule has 0 spiro atoms. The largest absolute Gasteiger partial charge is 0.462 e. The summed E-state index contributed by atoms with van der Waals surface area (Å²) in [6, 6.07) is 8.87. The summed E-state index contributed by atoms with van der Waals surface area (Å²) in [5, 5.41) is 0. The number of rotatable bonds is 6. The van der Waals surface area contributed by atoms with Crippen molar-refractivity contribution in [2.45, 2.75) is 64.1 Å². The lowest BCUT2D eigenvalue weighted by Crippen LogP contribution is -2.22. The average molecular weight is 304 g/mol. The Morgan fingerprint density at radius 2 is 1.82 bits per heavy atom. The molecule has 0 aliphatic heterocycles. The van der Waals surface area contributed by atoms with Crippen molar-refractivity contribution in [1.82, 2.24) is 0 Å². The molecule has 22 heavy (non-hydrogen) atoms. The lowest BCUT2D eigenvalue weighted by molar-refractivity contribution is -0.151. The van der Waals surface area contributed by atoms with E-state index in [1.807, 2.05) is 6.07 Å². The smallest absolute Gasteiger partial charge is 0.338 e. The van der Waals surface area contributed by atoms with Gasteiger partial charge >= 0.3 is 11.9 Å². The zero-order valence-corrected chi connectivity index (χ0v) is 13.1. The molecule has 120 valence electrons. The third-order valence-corrected chi connectivity index (χ3v) is 3.92. The van der Waals surface area contributed by atoms with Crippen LogP contribution in [0, 0.1) is 0 Å². The van der Waals surface area contributed by atoms with E-state index in [1.54, 1.807) is 31.2 Å². The van der Waals surface area contributed by atoms with Crippen LogP contribution in [0.3, 0.4) is 0 Å². The highest BCUT2D eigenvalue weighted by Crippen LogP contribution is 2.21. The van der Waals surface area contributed by atoms with Gasteiger partial charge in [-0.1, -0.05) is 24.6 Å². The molecule has 1 fully saturated rings. The van der Waals surface area contributed by atoms with Crippen LogP contribution in [0.4, 0.5) is 0 Å². The normalized spacial score (nSPS) is 16.8. The molecule has 0 N–H and O–H groups in total. The van der Waals surface area contributed by atoms with Gasteiger partial charge in [0.05, 0.1) is 11.7 Å². The second-order valence-corrected chi connectivity index (χ2v) is 5.87. The van der Waals surface area contributed by atoms with Gasteiger partial charge in [-0.3, -0.25) is 4.79 Å². The van der Waals surface area contributed by atoms with Crippen molar-refractivity contribution >= 4 is 11.9 Å². The minimum absolute atomic E-state index is 0.0865. The topological polar surface area (TPSA) is 52.6 Å². The number of carbonyl (C=O) groups excluding carboxylic acids is 2. The average Bonchev–Trinajstić information content (AvgIpc) is 2.55. The van der Waals surface area contributed by atoms with Crippen LogP contribution in [-0.2, 0) is 14.3 Å². The molecule has 4 heteroatoms. The van der Waals surface area contributed by atoms with Gasteiger partial charge in [-0.2, -0.15) is 0 Å². The molecule has 1 aromatic rings. The summed E-state index contributed by atoms with van der Waals surface area (Å²) >= 11 is 0. The van der Waals surface area contributed by atoms with Crippen LogP contribution in [0.25, 0.3) is 0 Å². The first kappa shape index (κ1) is 16.5. The van der Waals surface area contributed by atoms with Crippen LogP contribution in [-0.4, -0.2) is 24.1 Å². The molecule has 0 aromatic heterocycles. The summed E-state index contributed by atoms with van der Waals surface area (Å²) < 4.78 is 10.8. The standard InChI is InChI=1S/C18H24O4/c1-14(21-18(20)15-8-4-2-5-9-15)12-13-17(19)22-16-10-6-3-7-11-16/h2,4-5,8-9,14,16H,3,6-7,10-13H2,1H3. The molecular formula is C18H24O4. The van der Waals surface area contributed by atoms with E-state index in [-0.39, 0.29) is 24.1 Å². The summed E-state index contributed by atoms with van der Waals surface area (Å²) in [6.07, 6.45) is 6.04. The van der Waals surface area contributed by atoms with E-state index in [1.165, 1.54) is 6.42 Å². The summed E-state index contributed by atoms with van der Waals surface area (Å²) in [4.78, 5) is 23.7. The fraction of sp³-hybridized carbons (Fsp3) is 0.556. The van der Waals surface area contributed by atoms with Gasteiger partial charge in [0.1, 0.15) is 6.10 Å². The van der Waals surface area contributed by atoms with E-state index >= 15 is 0 Å². The highest BCUT2D eigenvalue weighted by Gasteiger charge is 2.19. The lowest BCUT2D eigenvalue weighted by Gasteiger charge is -2.22. The molecule has 0 saturated heterocycles. The second-order valence-electron chi connectivity index (χ2n) is 5.87. The number of hydrogen-bond acceptors (Lipinski definition) is 4. The second kappa shape index (κ2) is 8.57. The molecular weight excluding hydrogens is 280 g/mol. The molecule has 1 aromatic carbocycles. The molecule has 0 radical (unpaired) electrons. The first-order valence-corrected chi connectivity index (χ1v) is 8.10. The zero-order valence-electron chi connectivity index (χ0n) is 13.1. The molecule has 0 heterocycles. The van der Waals surface area contributed by atoms with E-state index < -0.39 is 0 Å². The Morgan fingerprint density at radius 3 is 2.50 bits per heavy atom. The van der Waals surface area contributed by atoms with Crippen molar-refractivity contribution in [2.24, 2.45) is 0 Å². The van der Waals surface area contributed by atoms with Crippen LogP contribution < -0.4 is 0 Å². The Kier molecular flexibility index (Phi) is 6.44. The molecule has 0 amide bonds. The molecule has 1 aliphatic carbocycles. The van der Waals surface area contributed by atoms with Crippen molar-refractivity contribution in [3.8, 4) is 0 Å². The SMILES string of the molecule is CC(CCC(=O)OC1CCCCC1)OC(=O)c1ccccc1. The van der Waals surface area contributed by atoms with Crippen LogP contribution in [0.5, 0.6) is 0 Å². The van der Waals surface area contributed by atoms with E-state index in [9.17, 15) is 9.59 Å². The van der Waals surface area contributed by atoms with Gasteiger partial charge in [0.2, 0.25) is 0 Å². The molecule has 1 saturated carbocycles. The van der Waals surface area contributed by atoms with Gasteiger partial charge in [0.25, 0.3) is 0 Å². The van der Waals surface area contributed by atoms with Gasteiger partial charge in [-0.25, -0.2) is 4.79 Å². The fourth-order valence-corrected chi connectivity index (χ4v) is 2.63. The maximum atomic E-state index is 11.9. The van der Waals surface area contributed by atoms with Gasteiger partial charge in [-0.05, 0) is 51.2 Å². The summed E-state index contributed by atoms with van der Waals surface area (Å²) in [5.41, 5.74) is 0.527. The molecule has 4 nitrogen and oxygen atoms in total. The van der Waals surface area contributed by atoms with Crippen LogP contribution in [0.2, 0.25) is 0 Å². The monoisotopic (exact) mass is 304 g/mol. The van der Waals surface area contributed by atoms with E-state index in [2.05, 4.69) is 0 Å². The predicted octanol–water partition coefficient (Wildman–Crippen LogP) is 3.89. The lowest BCUT2D eigenvalue weighted by atomic mass is 9.98. The zero-order chi connectivity index (χ0) is 15.8. The summed E-state index contributed by atoms with van der Waals surface area (Å²) in [6.45, 7) is 1.80. The molecule has 2 rings (SSSR count). The van der Waals surface area contributed by atoms with Crippen LogP contribution in [0.1, 0.15) is 62.2 Å². The third-order valence-electron chi connectivity index (χ3n) is 3.92. The van der Waals surface area contributed by atoms with Crippen molar-refractivity contribution < 1.29 is 19.1 Å². The van der Waals surface area contributed by atoms with Gasteiger partial charge in [-0.15, -0.1) is 0 Å². The predicted molar refractivity (Wildman–Crippen MR) is 83.5 cm³/mol. The Labute approximate surface area is 131 Å². The van der Waals surface area contributed by atoms with E-state index in [0.717, 1.165) is 25.7 Å². The maximum Gasteiger partial charge on any atom is 0.338 e. The Hall–Kier alpha value is -1.84. The minimum Gasteiger partial charge on any atom is -0.462 e. The number of esters is 2. The first-order valence-electron chi connectivity index (χ1n) is 8.10. The third kappa shape index (κ3) is 5.51. The Balaban J connectivity index is 1.67. The Bertz CT molecular complexity index is 477. The first-order chi connectivity index (χ1) is 10.6. The molecule has 1 unspecified atom stereocenters. The van der Waals surface area contributed by atoms with Crippen molar-refractivity contribution in [3.05, 3.63) is 35.9 Å². The number of benzene rings is 1. The minimum atomic E-state index is -0.353. The number of carbonyl (C=O) groups is 2.